The number of rotatable bonds is 5. The molecule has 1 fully saturated rings. The van der Waals surface area contributed by atoms with Crippen LogP contribution < -0.4 is 5.32 Å². The summed E-state index contributed by atoms with van der Waals surface area (Å²) in [5, 5.41) is 7.78. The number of halogens is 1. The summed E-state index contributed by atoms with van der Waals surface area (Å²) in [7, 11) is 0. The van der Waals surface area contributed by atoms with Gasteiger partial charge in [-0.25, -0.2) is 9.37 Å². The number of thiazole rings is 1. The first-order valence-electron chi connectivity index (χ1n) is 8.94. The lowest BCUT2D eigenvalue weighted by Crippen LogP contribution is -2.45. The second-order valence-electron chi connectivity index (χ2n) is 6.50. The minimum absolute atomic E-state index is 0.182. The van der Waals surface area contributed by atoms with Gasteiger partial charge in [0, 0.05) is 17.5 Å². The van der Waals surface area contributed by atoms with Crippen molar-refractivity contribution in [2.24, 2.45) is 0 Å². The molecule has 144 valence electrons. The third kappa shape index (κ3) is 3.98. The Kier molecular flexibility index (Phi) is 5.50. The molecule has 8 heteroatoms. The molecule has 4 rings (SSSR count). The average molecular weight is 416 g/mol. The summed E-state index contributed by atoms with van der Waals surface area (Å²) in [5.41, 5.74) is 1.19. The number of benzene rings is 1. The molecule has 1 unspecified atom stereocenters. The van der Waals surface area contributed by atoms with Crippen LogP contribution >= 0.6 is 22.7 Å². The van der Waals surface area contributed by atoms with E-state index in [1.807, 2.05) is 22.9 Å². The van der Waals surface area contributed by atoms with Crippen molar-refractivity contribution in [2.45, 2.75) is 25.4 Å². The Morgan fingerprint density at radius 1 is 1.21 bits per heavy atom. The first kappa shape index (κ1) is 18.8. The summed E-state index contributed by atoms with van der Waals surface area (Å²) in [6.45, 7) is 0.851. The van der Waals surface area contributed by atoms with Crippen LogP contribution in [-0.4, -0.2) is 34.3 Å². The number of hydrogen-bond acceptors (Lipinski definition) is 5. The lowest BCUT2D eigenvalue weighted by atomic mass is 10.1. The number of carbonyl (C=O) groups excluding carboxylic acids is 2. The molecule has 1 saturated heterocycles. The van der Waals surface area contributed by atoms with E-state index in [4.69, 9.17) is 0 Å². The number of thiophene rings is 1. The summed E-state index contributed by atoms with van der Waals surface area (Å²) >= 11 is 3.18. The highest BCUT2D eigenvalue weighted by atomic mass is 32.1. The number of amides is 2. The fourth-order valence-electron chi connectivity index (χ4n) is 3.24. The maximum atomic E-state index is 13.1. The van der Waals surface area contributed by atoms with Gasteiger partial charge in [-0.05, 0) is 48.6 Å². The number of carbonyl (C=O) groups is 2. The first-order valence-corrected chi connectivity index (χ1v) is 10.7. The van der Waals surface area contributed by atoms with Crippen molar-refractivity contribution in [3.63, 3.8) is 0 Å². The molecule has 1 aromatic carbocycles. The highest BCUT2D eigenvalue weighted by Crippen LogP contribution is 2.28. The molecule has 3 heterocycles. The van der Waals surface area contributed by atoms with Crippen molar-refractivity contribution < 1.29 is 14.0 Å². The van der Waals surface area contributed by atoms with Gasteiger partial charge in [0.2, 0.25) is 5.91 Å². The highest BCUT2D eigenvalue weighted by Gasteiger charge is 2.34. The molecule has 0 aliphatic carbocycles. The SMILES string of the molecule is O=C(NCc1csc(-c2cccs2)n1)C1CCCN1C(=O)c1ccc(F)cc1. The van der Waals surface area contributed by atoms with Gasteiger partial charge in [-0.15, -0.1) is 22.7 Å². The van der Waals surface area contributed by atoms with E-state index in [0.717, 1.165) is 22.0 Å². The Labute approximate surface area is 169 Å². The molecule has 0 saturated carbocycles. The lowest BCUT2D eigenvalue weighted by Gasteiger charge is -2.24. The summed E-state index contributed by atoms with van der Waals surface area (Å²) in [5.74, 6) is -0.817. The van der Waals surface area contributed by atoms with Crippen LogP contribution in [-0.2, 0) is 11.3 Å². The predicted octanol–water partition coefficient (Wildman–Crippen LogP) is 3.93. The molecule has 28 heavy (non-hydrogen) atoms. The van der Waals surface area contributed by atoms with Gasteiger partial charge in [0.1, 0.15) is 16.9 Å². The van der Waals surface area contributed by atoms with Crippen molar-refractivity contribution in [1.82, 2.24) is 15.2 Å². The quantitative estimate of drug-likeness (QED) is 0.687. The Morgan fingerprint density at radius 3 is 2.79 bits per heavy atom. The third-order valence-corrected chi connectivity index (χ3v) is 6.57. The second kappa shape index (κ2) is 8.20. The zero-order valence-electron chi connectivity index (χ0n) is 14.9. The van der Waals surface area contributed by atoms with Crippen molar-refractivity contribution in [1.29, 1.82) is 0 Å². The normalized spacial score (nSPS) is 16.3. The minimum Gasteiger partial charge on any atom is -0.349 e. The molecule has 1 N–H and O–H groups in total. The molecular formula is C20H18FN3O2S2. The van der Waals surface area contributed by atoms with Crippen LogP contribution in [0, 0.1) is 5.82 Å². The van der Waals surface area contributed by atoms with Crippen LogP contribution in [0.5, 0.6) is 0 Å². The molecule has 2 aromatic heterocycles. The van der Waals surface area contributed by atoms with Gasteiger partial charge in [-0.2, -0.15) is 0 Å². The maximum Gasteiger partial charge on any atom is 0.254 e. The number of likely N-dealkylation sites (tertiary alicyclic amines) is 1. The summed E-state index contributed by atoms with van der Waals surface area (Å²) in [6, 6.07) is 8.91. The van der Waals surface area contributed by atoms with Crippen molar-refractivity contribution >= 4 is 34.5 Å². The first-order chi connectivity index (χ1) is 13.6. The smallest absolute Gasteiger partial charge is 0.254 e. The molecule has 0 bridgehead atoms. The Bertz CT molecular complexity index is 970. The summed E-state index contributed by atoms with van der Waals surface area (Å²) in [6.07, 6.45) is 1.39. The Morgan fingerprint density at radius 2 is 2.04 bits per heavy atom. The highest BCUT2D eigenvalue weighted by molar-refractivity contribution is 7.20. The fourth-order valence-corrected chi connectivity index (χ4v) is 4.87. The number of nitrogens with zero attached hydrogens (tertiary/aromatic N) is 2. The third-order valence-electron chi connectivity index (χ3n) is 4.63. The van der Waals surface area contributed by atoms with Gasteiger partial charge in [0.25, 0.3) is 5.91 Å². The van der Waals surface area contributed by atoms with Crippen LogP contribution in [0.3, 0.4) is 0 Å². The van der Waals surface area contributed by atoms with Crippen LogP contribution in [0.4, 0.5) is 4.39 Å². The molecule has 0 spiro atoms. The number of hydrogen-bond donors (Lipinski definition) is 1. The van der Waals surface area contributed by atoms with E-state index in [9.17, 15) is 14.0 Å². The van der Waals surface area contributed by atoms with E-state index < -0.39 is 11.9 Å². The number of aromatic nitrogens is 1. The van der Waals surface area contributed by atoms with E-state index in [0.29, 0.717) is 25.1 Å². The topological polar surface area (TPSA) is 62.3 Å². The molecule has 1 aliphatic heterocycles. The zero-order chi connectivity index (χ0) is 19.5. The van der Waals surface area contributed by atoms with Gasteiger partial charge >= 0.3 is 0 Å². The molecule has 1 aliphatic rings. The molecule has 3 aromatic rings. The van der Waals surface area contributed by atoms with E-state index in [-0.39, 0.29) is 11.8 Å². The van der Waals surface area contributed by atoms with Gasteiger partial charge < -0.3 is 10.2 Å². The van der Waals surface area contributed by atoms with E-state index in [1.54, 1.807) is 27.6 Å². The second-order valence-corrected chi connectivity index (χ2v) is 8.31. The Balaban J connectivity index is 1.38. The van der Waals surface area contributed by atoms with E-state index in [2.05, 4.69) is 10.3 Å². The molecule has 1 atom stereocenters. The van der Waals surface area contributed by atoms with E-state index in [1.165, 1.54) is 24.3 Å². The van der Waals surface area contributed by atoms with Crippen LogP contribution in [0.15, 0.2) is 47.2 Å². The molecule has 5 nitrogen and oxygen atoms in total. The van der Waals surface area contributed by atoms with Gasteiger partial charge in [0.15, 0.2) is 0 Å². The molecular weight excluding hydrogens is 397 g/mol. The van der Waals surface area contributed by atoms with Crippen molar-refractivity contribution in [3.05, 3.63) is 64.2 Å². The minimum atomic E-state index is -0.507. The van der Waals surface area contributed by atoms with Gasteiger partial charge in [-0.3, -0.25) is 9.59 Å². The van der Waals surface area contributed by atoms with Crippen LogP contribution in [0.1, 0.15) is 28.9 Å². The number of nitrogens with one attached hydrogen (secondary N) is 1. The van der Waals surface area contributed by atoms with Crippen molar-refractivity contribution in [2.75, 3.05) is 6.54 Å². The molecule has 0 radical (unpaired) electrons. The zero-order valence-corrected chi connectivity index (χ0v) is 16.6. The lowest BCUT2D eigenvalue weighted by molar-refractivity contribution is -0.125. The average Bonchev–Trinajstić information content (AvgIpc) is 3.47. The monoisotopic (exact) mass is 415 g/mol. The molecule has 2 amide bonds. The van der Waals surface area contributed by atoms with Gasteiger partial charge in [0.05, 0.1) is 17.1 Å². The van der Waals surface area contributed by atoms with Crippen LogP contribution in [0.25, 0.3) is 9.88 Å². The summed E-state index contributed by atoms with van der Waals surface area (Å²) < 4.78 is 13.1. The van der Waals surface area contributed by atoms with Crippen molar-refractivity contribution in [3.8, 4) is 9.88 Å². The van der Waals surface area contributed by atoms with Gasteiger partial charge in [-0.1, -0.05) is 6.07 Å². The maximum absolute atomic E-state index is 13.1. The Hall–Kier alpha value is -2.58. The van der Waals surface area contributed by atoms with Crippen LogP contribution in [0.2, 0.25) is 0 Å². The van der Waals surface area contributed by atoms with E-state index >= 15 is 0 Å². The fraction of sp³-hybridized carbons (Fsp3) is 0.250. The largest absolute Gasteiger partial charge is 0.349 e. The predicted molar refractivity (Wildman–Crippen MR) is 108 cm³/mol. The summed E-state index contributed by atoms with van der Waals surface area (Å²) in [4.78, 5) is 32.6. The standard InChI is InChI=1S/C20H18FN3O2S2/c21-14-7-5-13(6-8-14)20(26)24-9-1-3-16(24)18(25)22-11-15-12-28-19(23-15)17-4-2-10-27-17/h2,4-8,10,12,16H,1,3,9,11H2,(H,22,25).